The third-order valence-electron chi connectivity index (χ3n) is 6.23. The topological polar surface area (TPSA) is 121 Å². The Kier molecular flexibility index (Phi) is 5.15. The van der Waals surface area contributed by atoms with Crippen LogP contribution in [0.2, 0.25) is 5.02 Å². The molecule has 0 amide bonds. The molecule has 1 saturated heterocycles. The number of pyridine rings is 1. The third-order valence-corrected chi connectivity index (χ3v) is 7.72. The summed E-state index contributed by atoms with van der Waals surface area (Å²) in [6.45, 7) is 2.59. The van der Waals surface area contributed by atoms with Crippen LogP contribution in [-0.2, 0) is 6.54 Å². The van der Waals surface area contributed by atoms with Gasteiger partial charge in [0.1, 0.15) is 16.7 Å². The summed E-state index contributed by atoms with van der Waals surface area (Å²) in [5, 5.41) is 5.68. The Balaban J connectivity index is 1.24. The van der Waals surface area contributed by atoms with Crippen molar-refractivity contribution in [2.45, 2.75) is 35.3 Å². The van der Waals surface area contributed by atoms with E-state index in [-0.39, 0.29) is 11.5 Å². The number of anilines is 2. The lowest BCUT2D eigenvalue weighted by atomic mass is 9.73. The number of nitrogens with zero attached hydrogens (tertiary/aromatic N) is 6. The molecule has 5 rings (SSSR count). The van der Waals surface area contributed by atoms with E-state index in [1.54, 1.807) is 19.5 Å². The van der Waals surface area contributed by atoms with Crippen molar-refractivity contribution in [3.63, 3.8) is 0 Å². The zero-order valence-corrected chi connectivity index (χ0v) is 18.6. The average molecular weight is 459 g/mol. The largest absolute Gasteiger partial charge is 0.480 e. The first-order valence-corrected chi connectivity index (χ1v) is 11.2. The lowest BCUT2D eigenvalue weighted by Crippen LogP contribution is -2.45. The molecule has 3 aromatic heterocycles. The number of hydrogen-bond acceptors (Lipinski definition) is 9. The van der Waals surface area contributed by atoms with Crippen LogP contribution in [0.3, 0.4) is 0 Å². The van der Waals surface area contributed by atoms with Gasteiger partial charge in [0.05, 0.1) is 36.3 Å². The Morgan fingerprint density at radius 2 is 2.03 bits per heavy atom. The van der Waals surface area contributed by atoms with E-state index in [1.165, 1.54) is 11.8 Å². The molecule has 1 atom stereocenters. The predicted octanol–water partition coefficient (Wildman–Crippen LogP) is 2.76. The molecule has 4 N–H and O–H groups in total. The fourth-order valence-corrected chi connectivity index (χ4v) is 5.39. The molecule has 5 heterocycles. The number of ether oxygens (including phenoxy) is 1. The highest BCUT2D eigenvalue weighted by Gasteiger charge is 2.47. The molecule has 3 aromatic rings. The zero-order chi connectivity index (χ0) is 21.6. The Morgan fingerprint density at radius 1 is 1.23 bits per heavy atom. The number of halogens is 1. The van der Waals surface area contributed by atoms with Gasteiger partial charge in [-0.1, -0.05) is 23.4 Å². The summed E-state index contributed by atoms with van der Waals surface area (Å²) in [7, 11) is 1.63. The van der Waals surface area contributed by atoms with E-state index in [9.17, 15) is 0 Å². The van der Waals surface area contributed by atoms with Crippen molar-refractivity contribution in [2.24, 2.45) is 11.1 Å². The van der Waals surface area contributed by atoms with Crippen LogP contribution < -0.4 is 21.1 Å². The molecular formula is C20H23ClN8OS. The summed E-state index contributed by atoms with van der Waals surface area (Å²) in [6.07, 6.45) is 7.16. The van der Waals surface area contributed by atoms with Gasteiger partial charge in [-0.15, -0.1) is 5.10 Å². The average Bonchev–Trinajstić information content (AvgIpc) is 3.29. The Hall–Kier alpha value is -2.56. The van der Waals surface area contributed by atoms with Crippen molar-refractivity contribution >= 4 is 35.0 Å². The van der Waals surface area contributed by atoms with Gasteiger partial charge >= 0.3 is 0 Å². The number of aromatic nitrogens is 5. The molecule has 2 aliphatic rings. The Bertz CT molecular complexity index is 1100. The van der Waals surface area contributed by atoms with Crippen molar-refractivity contribution in [3.05, 3.63) is 41.4 Å². The Labute approximate surface area is 189 Å². The van der Waals surface area contributed by atoms with Gasteiger partial charge in [-0.3, -0.25) is 4.68 Å². The summed E-state index contributed by atoms with van der Waals surface area (Å²) in [5.74, 6) is 1.80. The summed E-state index contributed by atoms with van der Waals surface area (Å²) < 4.78 is 7.24. The van der Waals surface area contributed by atoms with Gasteiger partial charge < -0.3 is 21.1 Å². The van der Waals surface area contributed by atoms with Crippen LogP contribution in [0.4, 0.5) is 11.6 Å². The maximum Gasteiger partial charge on any atom is 0.232 e. The number of methoxy groups -OCH3 is 1. The van der Waals surface area contributed by atoms with Crippen LogP contribution in [0, 0.1) is 5.41 Å². The maximum atomic E-state index is 6.63. The van der Waals surface area contributed by atoms with Gasteiger partial charge in [0.15, 0.2) is 0 Å². The minimum absolute atomic E-state index is 0.0338. The smallest absolute Gasteiger partial charge is 0.232 e. The second-order valence-corrected chi connectivity index (χ2v) is 9.36. The Morgan fingerprint density at radius 3 is 2.71 bits per heavy atom. The highest BCUT2D eigenvalue weighted by molar-refractivity contribution is 7.99. The van der Waals surface area contributed by atoms with Gasteiger partial charge in [0, 0.05) is 42.2 Å². The molecule has 0 aliphatic carbocycles. The fourth-order valence-electron chi connectivity index (χ4n) is 4.40. The van der Waals surface area contributed by atoms with Gasteiger partial charge in [-0.25, -0.2) is 15.0 Å². The van der Waals surface area contributed by atoms with Crippen molar-refractivity contribution < 1.29 is 4.74 Å². The van der Waals surface area contributed by atoms with Crippen LogP contribution >= 0.6 is 23.4 Å². The number of nitrogens with two attached hydrogens (primary N) is 2. The molecule has 1 fully saturated rings. The lowest BCUT2D eigenvalue weighted by molar-refractivity contribution is 0.169. The van der Waals surface area contributed by atoms with E-state index in [0.717, 1.165) is 53.9 Å². The van der Waals surface area contributed by atoms with Gasteiger partial charge in [-0.2, -0.15) is 0 Å². The van der Waals surface area contributed by atoms with Crippen LogP contribution in [-0.4, -0.2) is 44.9 Å². The maximum absolute atomic E-state index is 6.63. The minimum Gasteiger partial charge on any atom is -0.480 e. The fraction of sp³-hybridized carbons (Fsp3) is 0.400. The summed E-state index contributed by atoms with van der Waals surface area (Å²) in [6, 6.07) is 3.73. The molecule has 1 unspecified atom stereocenters. The first kappa shape index (κ1) is 20.3. The summed E-state index contributed by atoms with van der Waals surface area (Å²) in [5.41, 5.74) is 13.5. The molecule has 0 radical (unpaired) electrons. The highest BCUT2D eigenvalue weighted by Crippen LogP contribution is 2.48. The molecule has 162 valence electrons. The number of hydrogen-bond donors (Lipinski definition) is 2. The second kappa shape index (κ2) is 7.85. The molecular weight excluding hydrogens is 436 g/mol. The molecule has 0 saturated carbocycles. The molecule has 31 heavy (non-hydrogen) atoms. The lowest BCUT2D eigenvalue weighted by Gasteiger charge is -2.41. The van der Waals surface area contributed by atoms with E-state index in [1.807, 2.05) is 23.0 Å². The van der Waals surface area contributed by atoms with E-state index in [4.69, 9.17) is 27.8 Å². The van der Waals surface area contributed by atoms with Crippen LogP contribution in [0.25, 0.3) is 0 Å². The molecule has 0 bridgehead atoms. The van der Waals surface area contributed by atoms with Gasteiger partial charge in [0.25, 0.3) is 0 Å². The number of nitrogen functional groups attached to an aromatic ring is 1. The first-order chi connectivity index (χ1) is 15.0. The van der Waals surface area contributed by atoms with Crippen LogP contribution in [0.1, 0.15) is 24.6 Å². The number of fused-ring (bicyclic) bond motifs is 1. The SMILES string of the molecule is COc1cc2n(n1)CC1(CCN(c3cnc(Sc4ccnc(N)c4Cl)cn3)CC1)C2N. The third kappa shape index (κ3) is 3.58. The van der Waals surface area contributed by atoms with Crippen molar-refractivity contribution in [1.29, 1.82) is 0 Å². The molecule has 11 heteroatoms. The standard InChI is InChI=1S/C20H23ClN8OS/c1-30-15-8-12-18(22)20(11-29(12)27-15)3-6-28(7-4-20)14-9-26-16(10-25-14)31-13-2-5-24-19(23)17(13)21/h2,5,8-10,18H,3-4,6-7,11,22H2,1H3,(H2,23,24). The van der Waals surface area contributed by atoms with Crippen molar-refractivity contribution in [3.8, 4) is 5.88 Å². The van der Waals surface area contributed by atoms with Crippen molar-refractivity contribution in [2.75, 3.05) is 30.8 Å². The van der Waals surface area contributed by atoms with Gasteiger partial charge in [-0.05, 0) is 18.9 Å². The predicted molar refractivity (Wildman–Crippen MR) is 119 cm³/mol. The molecule has 9 nitrogen and oxygen atoms in total. The van der Waals surface area contributed by atoms with Crippen molar-refractivity contribution in [1.82, 2.24) is 24.7 Å². The van der Waals surface area contributed by atoms with Crippen LogP contribution in [0.5, 0.6) is 5.88 Å². The minimum atomic E-state index is -0.0338. The van der Waals surface area contributed by atoms with Gasteiger partial charge in [0.2, 0.25) is 5.88 Å². The monoisotopic (exact) mass is 458 g/mol. The quantitative estimate of drug-likeness (QED) is 0.607. The molecule has 2 aliphatic heterocycles. The highest BCUT2D eigenvalue weighted by atomic mass is 35.5. The van der Waals surface area contributed by atoms with Crippen LogP contribution in [0.15, 0.2) is 40.6 Å². The van der Waals surface area contributed by atoms with E-state index < -0.39 is 0 Å². The number of rotatable bonds is 4. The summed E-state index contributed by atoms with van der Waals surface area (Å²) in [4.78, 5) is 16.2. The number of piperidine rings is 1. The van der Waals surface area contributed by atoms with E-state index >= 15 is 0 Å². The summed E-state index contributed by atoms with van der Waals surface area (Å²) >= 11 is 7.64. The second-order valence-electron chi connectivity index (χ2n) is 7.92. The molecule has 1 spiro atoms. The first-order valence-electron chi connectivity index (χ1n) is 10.0. The zero-order valence-electron chi connectivity index (χ0n) is 17.0. The van der Waals surface area contributed by atoms with E-state index in [2.05, 4.69) is 25.0 Å². The van der Waals surface area contributed by atoms with E-state index in [0.29, 0.717) is 16.7 Å². The molecule has 0 aromatic carbocycles. The normalized spacial score (nSPS) is 19.6.